The number of carbonyl (C=O) groups is 1. The quantitative estimate of drug-likeness (QED) is 0.872. The van der Waals surface area contributed by atoms with Crippen molar-refractivity contribution in [3.63, 3.8) is 0 Å². The predicted molar refractivity (Wildman–Crippen MR) is 65.8 cm³/mol. The van der Waals surface area contributed by atoms with Crippen LogP contribution in [0.5, 0.6) is 0 Å². The summed E-state index contributed by atoms with van der Waals surface area (Å²) in [6, 6.07) is 6.51. The van der Waals surface area contributed by atoms with E-state index >= 15 is 0 Å². The second-order valence-corrected chi connectivity index (χ2v) is 3.83. The van der Waals surface area contributed by atoms with Gasteiger partial charge >= 0.3 is 0 Å². The highest BCUT2D eigenvalue weighted by Gasteiger charge is 2.11. The van der Waals surface area contributed by atoms with Crippen molar-refractivity contribution in [1.29, 1.82) is 0 Å². The topological polar surface area (TPSA) is 80.9 Å². The molecule has 0 saturated carbocycles. The first-order chi connectivity index (χ1) is 8.56. The molecule has 18 heavy (non-hydrogen) atoms. The Kier molecular flexibility index (Phi) is 3.38. The van der Waals surface area contributed by atoms with Crippen LogP contribution in [0, 0.1) is 5.82 Å². The van der Waals surface area contributed by atoms with Gasteiger partial charge in [0.05, 0.1) is 10.7 Å². The second-order valence-electron chi connectivity index (χ2n) is 3.42. The highest BCUT2D eigenvalue weighted by molar-refractivity contribution is 6.33. The van der Waals surface area contributed by atoms with Gasteiger partial charge in [0.2, 0.25) is 0 Å². The molecule has 0 atom stereocenters. The van der Waals surface area contributed by atoms with Gasteiger partial charge in [-0.25, -0.2) is 4.39 Å². The highest BCUT2D eigenvalue weighted by Crippen LogP contribution is 2.22. The number of nitrogens with one attached hydrogen (secondary N) is 1. The smallest absolute Gasteiger partial charge is 0.276 e. The molecule has 0 saturated heterocycles. The molecule has 3 N–H and O–H groups in total. The van der Waals surface area contributed by atoms with Crippen LogP contribution in [0.4, 0.5) is 15.9 Å². The lowest BCUT2D eigenvalue weighted by atomic mass is 10.3. The van der Waals surface area contributed by atoms with Crippen LogP contribution >= 0.6 is 11.6 Å². The third kappa shape index (κ3) is 2.72. The Morgan fingerprint density at radius 2 is 2.06 bits per heavy atom. The second kappa shape index (κ2) is 4.97. The van der Waals surface area contributed by atoms with Gasteiger partial charge in [0.25, 0.3) is 5.91 Å². The van der Waals surface area contributed by atoms with Crippen molar-refractivity contribution in [3.8, 4) is 0 Å². The average Bonchev–Trinajstić information content (AvgIpc) is 2.34. The summed E-state index contributed by atoms with van der Waals surface area (Å²) in [5.74, 6) is -0.844. The molecule has 2 rings (SSSR count). The van der Waals surface area contributed by atoms with Gasteiger partial charge in [-0.15, -0.1) is 10.2 Å². The summed E-state index contributed by atoms with van der Waals surface area (Å²) in [5.41, 5.74) is 5.57. The predicted octanol–water partition coefficient (Wildman–Crippen LogP) is 2.10. The van der Waals surface area contributed by atoms with Gasteiger partial charge in [0, 0.05) is 0 Å². The minimum atomic E-state index is -0.546. The molecule has 1 heterocycles. The molecule has 0 bridgehead atoms. The molecule has 5 nitrogen and oxygen atoms in total. The van der Waals surface area contributed by atoms with Gasteiger partial charge in [-0.2, -0.15) is 0 Å². The molecular formula is C11H8ClFN4O. The van der Waals surface area contributed by atoms with E-state index in [2.05, 4.69) is 15.5 Å². The number of anilines is 2. The summed E-state index contributed by atoms with van der Waals surface area (Å²) < 4.78 is 13.0. The summed E-state index contributed by atoms with van der Waals surface area (Å²) in [5, 5.41) is 9.81. The van der Waals surface area contributed by atoms with Crippen molar-refractivity contribution in [1.82, 2.24) is 10.2 Å². The van der Waals surface area contributed by atoms with E-state index in [9.17, 15) is 9.18 Å². The van der Waals surface area contributed by atoms with Crippen LogP contribution in [0.2, 0.25) is 5.02 Å². The van der Waals surface area contributed by atoms with E-state index in [1.165, 1.54) is 24.3 Å². The zero-order valence-corrected chi connectivity index (χ0v) is 9.78. The lowest BCUT2D eigenvalue weighted by Crippen LogP contribution is -2.15. The number of halogens is 2. The Morgan fingerprint density at radius 1 is 1.28 bits per heavy atom. The molecule has 0 unspecified atom stereocenters. The number of aromatic nitrogens is 2. The summed E-state index contributed by atoms with van der Waals surface area (Å²) in [4.78, 5) is 11.8. The summed E-state index contributed by atoms with van der Waals surface area (Å²) in [6.45, 7) is 0. The van der Waals surface area contributed by atoms with Crippen LogP contribution in [0.1, 0.15) is 10.5 Å². The van der Waals surface area contributed by atoms with E-state index in [-0.39, 0.29) is 22.2 Å². The minimum absolute atomic E-state index is 0.0597. The fraction of sp³-hybridized carbons (Fsp3) is 0. The number of rotatable bonds is 2. The number of nitrogen functional groups attached to an aromatic ring is 1. The molecule has 0 radical (unpaired) electrons. The summed E-state index contributed by atoms with van der Waals surface area (Å²) in [7, 11) is 0. The number of nitrogens with two attached hydrogens (primary N) is 1. The van der Waals surface area contributed by atoms with Gasteiger partial charge in [0.15, 0.2) is 5.69 Å². The normalized spacial score (nSPS) is 10.1. The van der Waals surface area contributed by atoms with Crippen LogP contribution in [-0.4, -0.2) is 16.1 Å². The number of hydrogen-bond acceptors (Lipinski definition) is 4. The summed E-state index contributed by atoms with van der Waals surface area (Å²) >= 11 is 5.82. The van der Waals surface area contributed by atoms with E-state index in [4.69, 9.17) is 17.3 Å². The zero-order chi connectivity index (χ0) is 13.1. The first-order valence-corrected chi connectivity index (χ1v) is 5.29. The van der Waals surface area contributed by atoms with Crippen LogP contribution in [0.15, 0.2) is 30.3 Å². The number of nitrogens with zero attached hydrogens (tertiary/aromatic N) is 2. The lowest BCUT2D eigenvalue weighted by Gasteiger charge is -2.06. The molecule has 0 aliphatic carbocycles. The van der Waals surface area contributed by atoms with Gasteiger partial charge in [0.1, 0.15) is 11.6 Å². The number of carbonyl (C=O) groups excluding carboxylic acids is 1. The molecular weight excluding hydrogens is 259 g/mol. The number of amides is 1. The van der Waals surface area contributed by atoms with Crippen LogP contribution in [-0.2, 0) is 0 Å². The lowest BCUT2D eigenvalue weighted by molar-refractivity contribution is 0.102. The van der Waals surface area contributed by atoms with E-state index in [1.807, 2.05) is 0 Å². The van der Waals surface area contributed by atoms with Crippen LogP contribution in [0.25, 0.3) is 0 Å². The largest absolute Gasteiger partial charge is 0.382 e. The number of benzene rings is 1. The van der Waals surface area contributed by atoms with Crippen LogP contribution in [0.3, 0.4) is 0 Å². The molecule has 0 spiro atoms. The monoisotopic (exact) mass is 266 g/mol. The maximum Gasteiger partial charge on any atom is 0.276 e. The Hall–Kier alpha value is -2.21. The third-order valence-electron chi connectivity index (χ3n) is 2.09. The zero-order valence-electron chi connectivity index (χ0n) is 9.02. The molecule has 7 heteroatoms. The average molecular weight is 267 g/mol. The van der Waals surface area contributed by atoms with E-state index in [1.54, 1.807) is 0 Å². The van der Waals surface area contributed by atoms with E-state index in [0.29, 0.717) is 0 Å². The SMILES string of the molecule is Nc1ccc(C(=O)Nc2cc(F)ccc2Cl)nn1. The van der Waals surface area contributed by atoms with Crippen molar-refractivity contribution in [3.05, 3.63) is 46.9 Å². The molecule has 1 amide bonds. The molecule has 2 aromatic rings. The van der Waals surface area contributed by atoms with Crippen molar-refractivity contribution < 1.29 is 9.18 Å². The van der Waals surface area contributed by atoms with Gasteiger partial charge in [-0.1, -0.05) is 11.6 Å². The van der Waals surface area contributed by atoms with Gasteiger partial charge in [-0.05, 0) is 30.3 Å². The Morgan fingerprint density at radius 3 is 2.72 bits per heavy atom. The van der Waals surface area contributed by atoms with Crippen molar-refractivity contribution in [2.24, 2.45) is 0 Å². The maximum atomic E-state index is 13.0. The fourth-order valence-electron chi connectivity index (χ4n) is 1.24. The molecule has 0 aliphatic rings. The highest BCUT2D eigenvalue weighted by atomic mass is 35.5. The van der Waals surface area contributed by atoms with Crippen molar-refractivity contribution in [2.45, 2.75) is 0 Å². The fourth-order valence-corrected chi connectivity index (χ4v) is 1.41. The first kappa shape index (κ1) is 12.3. The standard InChI is InChI=1S/C11H8ClFN4O/c12-7-2-1-6(13)5-9(7)15-11(18)8-3-4-10(14)17-16-8/h1-5H,(H2,14,17)(H,15,18). The maximum absolute atomic E-state index is 13.0. The van der Waals surface area contributed by atoms with E-state index < -0.39 is 11.7 Å². The molecule has 1 aromatic carbocycles. The van der Waals surface area contributed by atoms with Gasteiger partial charge < -0.3 is 11.1 Å². The molecule has 0 fully saturated rings. The Labute approximate surface area is 107 Å². The molecule has 0 aliphatic heterocycles. The minimum Gasteiger partial charge on any atom is -0.382 e. The summed E-state index contributed by atoms with van der Waals surface area (Å²) in [6.07, 6.45) is 0. The molecule has 92 valence electrons. The van der Waals surface area contributed by atoms with Gasteiger partial charge in [-0.3, -0.25) is 4.79 Å². The third-order valence-corrected chi connectivity index (χ3v) is 2.42. The van der Waals surface area contributed by atoms with Crippen molar-refractivity contribution in [2.75, 3.05) is 11.1 Å². The van der Waals surface area contributed by atoms with Crippen molar-refractivity contribution >= 4 is 29.0 Å². The first-order valence-electron chi connectivity index (χ1n) is 4.92. The Bertz CT molecular complexity index is 588. The van der Waals surface area contributed by atoms with E-state index in [0.717, 1.165) is 6.07 Å². The Balaban J connectivity index is 2.21. The molecule has 1 aromatic heterocycles. The number of hydrogen-bond donors (Lipinski definition) is 2. The van der Waals surface area contributed by atoms with Crippen LogP contribution < -0.4 is 11.1 Å².